The van der Waals surface area contributed by atoms with Crippen LogP contribution in [0.2, 0.25) is 5.02 Å². The summed E-state index contributed by atoms with van der Waals surface area (Å²) in [5.74, 6) is 0.0584. The van der Waals surface area contributed by atoms with Crippen LogP contribution in [0.1, 0.15) is 65.8 Å². The molecule has 2 N–H and O–H groups in total. The summed E-state index contributed by atoms with van der Waals surface area (Å²) in [5, 5.41) is 3.22. The molecule has 3 aromatic rings. The molecule has 1 fully saturated rings. The van der Waals surface area contributed by atoms with Crippen LogP contribution in [0.3, 0.4) is 0 Å². The maximum atomic E-state index is 13.2. The number of carbonyl (C=O) groups is 1. The summed E-state index contributed by atoms with van der Waals surface area (Å²) >= 11 is 8.08. The minimum Gasteiger partial charge on any atom is -0.448 e. The molecule has 5 rings (SSSR count). The average Bonchev–Trinajstić information content (AvgIpc) is 3.54. The molecular formula is C28H32ClN3O4S. The summed E-state index contributed by atoms with van der Waals surface area (Å²) in [6, 6.07) is 8.14. The summed E-state index contributed by atoms with van der Waals surface area (Å²) in [5.41, 5.74) is 2.18. The predicted octanol–water partition coefficient (Wildman–Crippen LogP) is 6.02. The SMILES string of the molecule is CSc1cc(C)[nH]c(=O)c1CNC(=O)c1cc(Cl)c2c(c1C)OC(C)(C1CCC(n3cccc3)CC1)O2. The normalized spacial score (nSPS) is 22.7. The van der Waals surface area contributed by atoms with Gasteiger partial charge in [-0.05, 0) is 70.1 Å². The third-order valence-electron chi connectivity index (χ3n) is 7.66. The first kappa shape index (κ1) is 25.8. The molecule has 9 heteroatoms. The number of carbonyl (C=O) groups excluding carboxylic acids is 1. The molecule has 0 bridgehead atoms. The Labute approximate surface area is 225 Å². The van der Waals surface area contributed by atoms with Gasteiger partial charge in [0.05, 0.1) is 5.02 Å². The second-order valence-electron chi connectivity index (χ2n) is 10.1. The highest BCUT2D eigenvalue weighted by molar-refractivity contribution is 7.98. The van der Waals surface area contributed by atoms with Gasteiger partial charge in [0.1, 0.15) is 0 Å². The molecule has 196 valence electrons. The smallest absolute Gasteiger partial charge is 0.254 e. The van der Waals surface area contributed by atoms with Crippen LogP contribution in [0.15, 0.2) is 46.3 Å². The molecule has 1 unspecified atom stereocenters. The Hall–Kier alpha value is -2.84. The van der Waals surface area contributed by atoms with Crippen molar-refractivity contribution in [3.8, 4) is 11.5 Å². The number of aryl methyl sites for hydroxylation is 1. The molecule has 1 amide bonds. The van der Waals surface area contributed by atoms with Crippen LogP contribution in [-0.4, -0.2) is 27.5 Å². The van der Waals surface area contributed by atoms with Crippen LogP contribution in [0.25, 0.3) is 0 Å². The van der Waals surface area contributed by atoms with Gasteiger partial charge in [-0.25, -0.2) is 0 Å². The lowest BCUT2D eigenvalue weighted by Crippen LogP contribution is -2.44. The Morgan fingerprint density at radius 3 is 2.51 bits per heavy atom. The van der Waals surface area contributed by atoms with Gasteiger partial charge in [-0.1, -0.05) is 11.6 Å². The van der Waals surface area contributed by atoms with Crippen molar-refractivity contribution in [1.29, 1.82) is 0 Å². The molecule has 1 aliphatic carbocycles. The van der Waals surface area contributed by atoms with E-state index < -0.39 is 5.79 Å². The number of aromatic amines is 1. The fourth-order valence-electron chi connectivity index (χ4n) is 5.54. The van der Waals surface area contributed by atoms with Crippen molar-refractivity contribution in [2.45, 2.75) is 69.7 Å². The fourth-order valence-corrected chi connectivity index (χ4v) is 6.48. The lowest BCUT2D eigenvalue weighted by Gasteiger charge is -2.37. The zero-order valence-corrected chi connectivity index (χ0v) is 23.1. The van der Waals surface area contributed by atoms with E-state index in [0.29, 0.717) is 39.3 Å². The maximum Gasteiger partial charge on any atom is 0.254 e. The standard InChI is InChI=1S/C28H32ClN3O4S/c1-16-13-23(37-4)21(27(34)31-16)15-30-26(33)20-14-22(29)25-24(17(20)2)35-28(3,36-25)18-7-9-19(10-8-18)32-11-5-6-12-32/h5-6,11-14,18-19H,7-10,15H2,1-4H3,(H,30,33)(H,31,34). The van der Waals surface area contributed by atoms with Gasteiger partial charge >= 0.3 is 0 Å². The van der Waals surface area contributed by atoms with Crippen LogP contribution in [-0.2, 0) is 6.54 Å². The molecular weight excluding hydrogens is 510 g/mol. The first-order valence-corrected chi connectivity index (χ1v) is 14.2. The largest absolute Gasteiger partial charge is 0.448 e. The highest BCUT2D eigenvalue weighted by atomic mass is 35.5. The number of fused-ring (bicyclic) bond motifs is 1. The third kappa shape index (κ3) is 4.89. The minimum absolute atomic E-state index is 0.110. The van der Waals surface area contributed by atoms with E-state index >= 15 is 0 Å². The molecule has 1 aliphatic heterocycles. The molecule has 2 aliphatic rings. The summed E-state index contributed by atoms with van der Waals surface area (Å²) in [6.45, 7) is 5.76. The Morgan fingerprint density at radius 2 is 1.84 bits per heavy atom. The number of nitrogens with zero attached hydrogens (tertiary/aromatic N) is 1. The van der Waals surface area contributed by atoms with E-state index in [1.54, 1.807) is 6.07 Å². The molecule has 2 aromatic heterocycles. The van der Waals surface area contributed by atoms with Crippen LogP contribution in [0, 0.1) is 19.8 Å². The number of amides is 1. The lowest BCUT2D eigenvalue weighted by molar-refractivity contribution is -0.122. The Morgan fingerprint density at radius 1 is 1.16 bits per heavy atom. The number of nitrogens with one attached hydrogen (secondary N) is 2. The quantitative estimate of drug-likeness (QED) is 0.373. The minimum atomic E-state index is -0.837. The van der Waals surface area contributed by atoms with E-state index in [0.717, 1.165) is 36.3 Å². The Bertz CT molecular complexity index is 1380. The van der Waals surface area contributed by atoms with Gasteiger partial charge in [0.15, 0.2) is 11.5 Å². The second kappa shape index (κ2) is 10.1. The Balaban J connectivity index is 1.31. The molecule has 0 spiro atoms. The molecule has 0 saturated heterocycles. The monoisotopic (exact) mass is 541 g/mol. The molecule has 7 nitrogen and oxygen atoms in total. The van der Waals surface area contributed by atoms with E-state index in [4.69, 9.17) is 21.1 Å². The average molecular weight is 542 g/mol. The number of thioether (sulfide) groups is 1. The summed E-state index contributed by atoms with van der Waals surface area (Å²) in [6.07, 6.45) is 10.2. The van der Waals surface area contributed by atoms with E-state index in [1.165, 1.54) is 11.8 Å². The number of H-pyrrole nitrogens is 1. The summed E-state index contributed by atoms with van der Waals surface area (Å²) < 4.78 is 15.1. The summed E-state index contributed by atoms with van der Waals surface area (Å²) in [7, 11) is 0. The van der Waals surface area contributed by atoms with Crippen LogP contribution in [0.5, 0.6) is 11.5 Å². The van der Waals surface area contributed by atoms with Gasteiger partial charge in [0.2, 0.25) is 0 Å². The number of halogens is 1. The first-order chi connectivity index (χ1) is 17.7. The van der Waals surface area contributed by atoms with Crippen molar-refractivity contribution in [2.24, 2.45) is 5.92 Å². The van der Waals surface area contributed by atoms with Crippen molar-refractivity contribution >= 4 is 29.3 Å². The van der Waals surface area contributed by atoms with Crippen molar-refractivity contribution in [3.63, 3.8) is 0 Å². The van der Waals surface area contributed by atoms with Gasteiger partial charge in [0.25, 0.3) is 17.3 Å². The van der Waals surface area contributed by atoms with E-state index in [-0.39, 0.29) is 23.9 Å². The van der Waals surface area contributed by atoms with E-state index in [1.807, 2.05) is 33.1 Å². The molecule has 1 saturated carbocycles. The zero-order valence-electron chi connectivity index (χ0n) is 21.5. The topological polar surface area (TPSA) is 85.4 Å². The van der Waals surface area contributed by atoms with Gasteiger partial charge in [-0.15, -0.1) is 11.8 Å². The van der Waals surface area contributed by atoms with Crippen LogP contribution >= 0.6 is 23.4 Å². The molecule has 1 aromatic carbocycles. The van der Waals surface area contributed by atoms with Crippen molar-refractivity contribution < 1.29 is 14.3 Å². The predicted molar refractivity (Wildman–Crippen MR) is 146 cm³/mol. The molecule has 37 heavy (non-hydrogen) atoms. The fraction of sp³-hybridized carbons (Fsp3) is 0.429. The zero-order chi connectivity index (χ0) is 26.3. The maximum absolute atomic E-state index is 13.2. The molecule has 1 atom stereocenters. The number of benzene rings is 1. The summed E-state index contributed by atoms with van der Waals surface area (Å²) in [4.78, 5) is 29.3. The first-order valence-electron chi connectivity index (χ1n) is 12.6. The third-order valence-corrected chi connectivity index (χ3v) is 8.74. The Kier molecular flexibility index (Phi) is 7.07. The van der Waals surface area contributed by atoms with E-state index in [2.05, 4.69) is 39.4 Å². The lowest BCUT2D eigenvalue weighted by atomic mass is 9.81. The number of hydrogen-bond donors (Lipinski definition) is 2. The van der Waals surface area contributed by atoms with Crippen molar-refractivity contribution in [1.82, 2.24) is 14.9 Å². The highest BCUT2D eigenvalue weighted by Gasteiger charge is 2.47. The highest BCUT2D eigenvalue weighted by Crippen LogP contribution is 2.52. The van der Waals surface area contributed by atoms with Crippen LogP contribution in [0.4, 0.5) is 0 Å². The number of pyridine rings is 1. The molecule has 0 radical (unpaired) electrons. The second-order valence-corrected chi connectivity index (χ2v) is 11.3. The van der Waals surface area contributed by atoms with Gasteiger partial charge in [0, 0.05) is 65.1 Å². The van der Waals surface area contributed by atoms with Gasteiger partial charge in [-0.3, -0.25) is 9.59 Å². The number of rotatable bonds is 6. The number of ether oxygens (including phenoxy) is 2. The number of aromatic nitrogens is 2. The number of hydrogen-bond acceptors (Lipinski definition) is 5. The van der Waals surface area contributed by atoms with E-state index in [9.17, 15) is 9.59 Å². The molecule has 3 heterocycles. The van der Waals surface area contributed by atoms with Crippen LogP contribution < -0.4 is 20.3 Å². The van der Waals surface area contributed by atoms with Gasteiger partial charge < -0.3 is 24.3 Å². The van der Waals surface area contributed by atoms with Crippen molar-refractivity contribution in [3.05, 3.63) is 74.4 Å². The van der Waals surface area contributed by atoms with Gasteiger partial charge in [-0.2, -0.15) is 0 Å². The van der Waals surface area contributed by atoms with Crippen molar-refractivity contribution in [2.75, 3.05) is 6.26 Å².